The van der Waals surface area contributed by atoms with Crippen LogP contribution in [0.2, 0.25) is 0 Å². The lowest BCUT2D eigenvalue weighted by molar-refractivity contribution is -0.144. The molecule has 1 rings (SSSR count). The summed E-state index contributed by atoms with van der Waals surface area (Å²) in [7, 11) is 0. The van der Waals surface area contributed by atoms with E-state index in [1.54, 1.807) is 0 Å². The Hall–Kier alpha value is -1.67. The molecule has 1 heterocycles. The fourth-order valence-electron chi connectivity index (χ4n) is 1.19. The van der Waals surface area contributed by atoms with Crippen molar-refractivity contribution in [3.63, 3.8) is 0 Å². The minimum Gasteiger partial charge on any atom is -0.370 e. The first-order valence-electron chi connectivity index (χ1n) is 5.55. The standard InChI is InChI=1S/C10H13F5N4/c1-2-3-16-7-4-8(17-5-6(11)12)19-9(18-7)10(13,14)15/h4,6H,2-3,5H2,1H3,(H2,16,17,18,19). The largest absolute Gasteiger partial charge is 0.451 e. The number of halogens is 5. The van der Waals surface area contributed by atoms with Gasteiger partial charge in [-0.05, 0) is 6.42 Å². The lowest BCUT2D eigenvalue weighted by atomic mass is 10.4. The third kappa shape index (κ3) is 5.23. The second kappa shape index (κ2) is 6.48. The molecule has 0 amide bonds. The summed E-state index contributed by atoms with van der Waals surface area (Å²) in [5.41, 5.74) is 0. The summed E-state index contributed by atoms with van der Waals surface area (Å²) in [6, 6.07) is 1.16. The van der Waals surface area contributed by atoms with Crippen LogP contribution in [0.25, 0.3) is 0 Å². The molecule has 0 spiro atoms. The molecule has 0 aliphatic heterocycles. The topological polar surface area (TPSA) is 49.8 Å². The van der Waals surface area contributed by atoms with Gasteiger partial charge in [0, 0.05) is 12.6 Å². The van der Waals surface area contributed by atoms with E-state index in [9.17, 15) is 22.0 Å². The summed E-state index contributed by atoms with van der Waals surface area (Å²) in [6.07, 6.45) is -6.73. The van der Waals surface area contributed by atoms with Crippen LogP contribution in [-0.2, 0) is 6.18 Å². The highest BCUT2D eigenvalue weighted by Gasteiger charge is 2.35. The lowest BCUT2D eigenvalue weighted by Gasteiger charge is -2.12. The minimum atomic E-state index is -4.73. The fourth-order valence-corrected chi connectivity index (χ4v) is 1.19. The zero-order valence-corrected chi connectivity index (χ0v) is 10.1. The Morgan fingerprint density at radius 1 is 1.16 bits per heavy atom. The van der Waals surface area contributed by atoms with E-state index in [0.29, 0.717) is 13.0 Å². The lowest BCUT2D eigenvalue weighted by Crippen LogP contribution is -2.17. The van der Waals surface area contributed by atoms with E-state index in [1.807, 2.05) is 6.92 Å². The van der Waals surface area contributed by atoms with Gasteiger partial charge in [0.05, 0.1) is 6.54 Å². The van der Waals surface area contributed by atoms with Crippen molar-refractivity contribution in [3.05, 3.63) is 11.9 Å². The normalized spacial score (nSPS) is 11.7. The van der Waals surface area contributed by atoms with Crippen molar-refractivity contribution in [2.75, 3.05) is 23.7 Å². The van der Waals surface area contributed by atoms with Crippen molar-refractivity contribution in [2.45, 2.75) is 25.9 Å². The molecule has 1 aromatic rings. The van der Waals surface area contributed by atoms with Crippen LogP contribution in [0.15, 0.2) is 6.07 Å². The summed E-state index contributed by atoms with van der Waals surface area (Å²) < 4.78 is 61.6. The average Bonchev–Trinajstić information content (AvgIpc) is 2.32. The Kier molecular flexibility index (Phi) is 5.25. The molecule has 1 aromatic heterocycles. The molecule has 0 aliphatic carbocycles. The number of rotatable bonds is 6. The zero-order valence-electron chi connectivity index (χ0n) is 10.1. The molecular weight excluding hydrogens is 271 g/mol. The van der Waals surface area contributed by atoms with Crippen molar-refractivity contribution in [1.29, 1.82) is 0 Å². The number of nitrogens with zero attached hydrogens (tertiary/aromatic N) is 2. The van der Waals surface area contributed by atoms with Gasteiger partial charge in [0.2, 0.25) is 5.82 Å². The van der Waals surface area contributed by atoms with Gasteiger partial charge in [-0.25, -0.2) is 18.7 Å². The van der Waals surface area contributed by atoms with Gasteiger partial charge in [-0.1, -0.05) is 6.92 Å². The number of hydrogen-bond donors (Lipinski definition) is 2. The Labute approximate surface area is 106 Å². The van der Waals surface area contributed by atoms with Crippen molar-refractivity contribution < 1.29 is 22.0 Å². The van der Waals surface area contributed by atoms with Crippen LogP contribution < -0.4 is 10.6 Å². The van der Waals surface area contributed by atoms with Crippen LogP contribution in [-0.4, -0.2) is 29.5 Å². The Morgan fingerprint density at radius 3 is 2.21 bits per heavy atom. The van der Waals surface area contributed by atoms with Crippen molar-refractivity contribution in [3.8, 4) is 0 Å². The van der Waals surface area contributed by atoms with Crippen LogP contribution in [0.4, 0.5) is 33.6 Å². The van der Waals surface area contributed by atoms with E-state index in [1.165, 1.54) is 0 Å². The highest BCUT2D eigenvalue weighted by molar-refractivity contribution is 5.47. The van der Waals surface area contributed by atoms with E-state index in [2.05, 4.69) is 20.6 Å². The molecule has 0 aliphatic rings. The van der Waals surface area contributed by atoms with Gasteiger partial charge in [-0.3, -0.25) is 0 Å². The third-order valence-electron chi connectivity index (χ3n) is 1.97. The molecule has 19 heavy (non-hydrogen) atoms. The zero-order chi connectivity index (χ0) is 14.5. The number of anilines is 2. The minimum absolute atomic E-state index is 0.0547. The Bertz CT molecular complexity index is 407. The molecule has 0 bridgehead atoms. The smallest absolute Gasteiger partial charge is 0.370 e. The van der Waals surface area contributed by atoms with Crippen molar-refractivity contribution in [2.24, 2.45) is 0 Å². The van der Waals surface area contributed by atoms with E-state index in [-0.39, 0.29) is 11.6 Å². The van der Waals surface area contributed by atoms with Crippen molar-refractivity contribution in [1.82, 2.24) is 9.97 Å². The van der Waals surface area contributed by atoms with Gasteiger partial charge >= 0.3 is 6.18 Å². The summed E-state index contributed by atoms with van der Waals surface area (Å²) >= 11 is 0. The number of hydrogen-bond acceptors (Lipinski definition) is 4. The second-order valence-corrected chi connectivity index (χ2v) is 3.66. The average molecular weight is 284 g/mol. The Balaban J connectivity index is 2.95. The van der Waals surface area contributed by atoms with E-state index >= 15 is 0 Å². The molecule has 2 N–H and O–H groups in total. The third-order valence-corrected chi connectivity index (χ3v) is 1.97. The maximum absolute atomic E-state index is 12.5. The van der Waals surface area contributed by atoms with Gasteiger partial charge in [0.1, 0.15) is 11.6 Å². The SMILES string of the molecule is CCCNc1cc(NCC(F)F)nc(C(F)(F)F)n1. The van der Waals surface area contributed by atoms with Crippen LogP contribution in [0, 0.1) is 0 Å². The molecule has 108 valence electrons. The molecule has 4 nitrogen and oxygen atoms in total. The molecule has 0 saturated heterocycles. The molecular formula is C10H13F5N4. The monoisotopic (exact) mass is 284 g/mol. The molecule has 0 unspecified atom stereocenters. The Morgan fingerprint density at radius 2 is 1.74 bits per heavy atom. The van der Waals surface area contributed by atoms with Crippen LogP contribution in [0.1, 0.15) is 19.2 Å². The first kappa shape index (κ1) is 15.4. The summed E-state index contributed by atoms with van der Waals surface area (Å²) in [5, 5.41) is 4.79. The second-order valence-electron chi connectivity index (χ2n) is 3.66. The first-order valence-corrected chi connectivity index (χ1v) is 5.55. The molecule has 0 atom stereocenters. The number of nitrogens with one attached hydrogen (secondary N) is 2. The summed E-state index contributed by atoms with van der Waals surface area (Å²) in [4.78, 5) is 6.46. The van der Waals surface area contributed by atoms with Gasteiger partial charge in [0.25, 0.3) is 6.43 Å². The van der Waals surface area contributed by atoms with Gasteiger partial charge in [-0.15, -0.1) is 0 Å². The van der Waals surface area contributed by atoms with Crippen LogP contribution in [0.3, 0.4) is 0 Å². The number of aromatic nitrogens is 2. The molecule has 0 radical (unpaired) electrons. The predicted octanol–water partition coefficient (Wildman–Crippen LogP) is 2.99. The predicted molar refractivity (Wildman–Crippen MR) is 60.3 cm³/mol. The highest BCUT2D eigenvalue weighted by Crippen LogP contribution is 2.28. The fraction of sp³-hybridized carbons (Fsp3) is 0.600. The van der Waals surface area contributed by atoms with E-state index in [0.717, 1.165) is 6.07 Å². The molecule has 0 aromatic carbocycles. The van der Waals surface area contributed by atoms with Crippen molar-refractivity contribution >= 4 is 11.6 Å². The van der Waals surface area contributed by atoms with Crippen LogP contribution >= 0.6 is 0 Å². The maximum atomic E-state index is 12.5. The first-order chi connectivity index (χ1) is 8.82. The molecule has 0 fully saturated rings. The summed E-state index contributed by atoms with van der Waals surface area (Å²) in [5.74, 6) is -1.72. The van der Waals surface area contributed by atoms with Gasteiger partial charge < -0.3 is 10.6 Å². The van der Waals surface area contributed by atoms with E-state index in [4.69, 9.17) is 0 Å². The summed E-state index contributed by atoms with van der Waals surface area (Å²) in [6.45, 7) is 1.47. The van der Waals surface area contributed by atoms with Gasteiger partial charge in [0.15, 0.2) is 0 Å². The highest BCUT2D eigenvalue weighted by atomic mass is 19.4. The van der Waals surface area contributed by atoms with Crippen LogP contribution in [0.5, 0.6) is 0 Å². The maximum Gasteiger partial charge on any atom is 0.451 e. The number of alkyl halides is 5. The van der Waals surface area contributed by atoms with E-state index < -0.39 is 25.0 Å². The molecule has 9 heteroatoms. The molecule has 0 saturated carbocycles. The van der Waals surface area contributed by atoms with Gasteiger partial charge in [-0.2, -0.15) is 13.2 Å². The quantitative estimate of drug-likeness (QED) is 0.788.